The van der Waals surface area contributed by atoms with Gasteiger partial charge in [0.2, 0.25) is 0 Å². The van der Waals surface area contributed by atoms with Crippen molar-refractivity contribution in [3.05, 3.63) is 51.0 Å². The van der Waals surface area contributed by atoms with E-state index in [4.69, 9.17) is 11.6 Å². The van der Waals surface area contributed by atoms with E-state index < -0.39 is 0 Å². The molecule has 29 heavy (non-hydrogen) atoms. The van der Waals surface area contributed by atoms with Crippen molar-refractivity contribution in [2.75, 3.05) is 0 Å². The number of imidazole rings is 1. The van der Waals surface area contributed by atoms with Gasteiger partial charge < -0.3 is 0 Å². The maximum absolute atomic E-state index is 5.73. The SMILES string of the molecule is Clc1ccc(CN(I)I)cc1.[Pt]=[c]1n(C2CCCCC2)ccn1C1CCCCC1. The molecule has 4 rings (SSSR count). The van der Waals surface area contributed by atoms with Gasteiger partial charge in [0.25, 0.3) is 0 Å². The molecule has 7 heteroatoms. The summed E-state index contributed by atoms with van der Waals surface area (Å²) >= 11 is 12.8. The van der Waals surface area contributed by atoms with Crippen molar-refractivity contribution in [2.24, 2.45) is 0 Å². The quantitative estimate of drug-likeness (QED) is 0.224. The summed E-state index contributed by atoms with van der Waals surface area (Å²) in [5.41, 5.74) is 1.28. The number of aromatic nitrogens is 2. The van der Waals surface area contributed by atoms with E-state index in [0.717, 1.165) is 23.7 Å². The Kier molecular flexibility index (Phi) is 10.8. The van der Waals surface area contributed by atoms with E-state index in [9.17, 15) is 0 Å². The fourth-order valence-electron chi connectivity index (χ4n) is 4.36. The third-order valence-electron chi connectivity index (χ3n) is 5.93. The van der Waals surface area contributed by atoms with Crippen LogP contribution in [0, 0.1) is 3.80 Å². The normalized spacial score (nSPS) is 18.6. The molecule has 2 aromatic rings. The number of rotatable bonds is 4. The van der Waals surface area contributed by atoms with Crippen LogP contribution in [0.15, 0.2) is 36.7 Å². The molecule has 0 radical (unpaired) electrons. The van der Waals surface area contributed by atoms with Crippen molar-refractivity contribution in [2.45, 2.75) is 82.8 Å². The summed E-state index contributed by atoms with van der Waals surface area (Å²) in [4.78, 5) is 0. The third kappa shape index (κ3) is 7.72. The van der Waals surface area contributed by atoms with E-state index >= 15 is 0 Å². The van der Waals surface area contributed by atoms with E-state index in [2.05, 4.69) is 87.9 Å². The molecule has 3 nitrogen and oxygen atoms in total. The molecule has 2 aliphatic carbocycles. The first kappa shape index (κ1) is 24.5. The molecule has 0 saturated heterocycles. The van der Waals surface area contributed by atoms with Crippen LogP contribution in [0.5, 0.6) is 0 Å². The van der Waals surface area contributed by atoms with E-state index in [1.165, 1.54) is 73.6 Å². The van der Waals surface area contributed by atoms with Gasteiger partial charge in [-0.3, -0.25) is 0 Å². The Hall–Kier alpha value is 0.828. The summed E-state index contributed by atoms with van der Waals surface area (Å²) in [6.45, 7) is 0.943. The van der Waals surface area contributed by atoms with Crippen LogP contribution in [0.4, 0.5) is 0 Å². The molecule has 0 unspecified atom stereocenters. The zero-order chi connectivity index (χ0) is 20.6. The number of benzene rings is 1. The molecule has 0 amide bonds. The second kappa shape index (κ2) is 12.8. The van der Waals surface area contributed by atoms with Gasteiger partial charge >= 0.3 is 121 Å². The summed E-state index contributed by atoms with van der Waals surface area (Å²) in [6.07, 6.45) is 18.8. The predicted molar refractivity (Wildman–Crippen MR) is 135 cm³/mol. The Bertz CT molecular complexity index is 753. The Morgan fingerprint density at radius 3 is 1.69 bits per heavy atom. The van der Waals surface area contributed by atoms with Crippen molar-refractivity contribution in [3.63, 3.8) is 0 Å². The summed E-state index contributed by atoms with van der Waals surface area (Å²) in [7, 11) is 0. The van der Waals surface area contributed by atoms with Gasteiger partial charge in [0.05, 0.1) is 0 Å². The van der Waals surface area contributed by atoms with Crippen LogP contribution in [0.25, 0.3) is 0 Å². The van der Waals surface area contributed by atoms with Crippen LogP contribution >= 0.6 is 57.3 Å². The second-order valence-corrected chi connectivity index (χ2v) is 13.7. The van der Waals surface area contributed by atoms with Gasteiger partial charge in [-0.1, -0.05) is 23.7 Å². The van der Waals surface area contributed by atoms with Crippen molar-refractivity contribution in [1.29, 1.82) is 0 Å². The molecule has 164 valence electrons. The molecule has 1 aromatic carbocycles. The van der Waals surface area contributed by atoms with Crippen molar-refractivity contribution >= 4 is 57.3 Å². The number of halogens is 3. The average molecular weight is 821 g/mol. The molecule has 0 spiro atoms. The van der Waals surface area contributed by atoms with E-state index in [1.54, 1.807) is 0 Å². The van der Waals surface area contributed by atoms with Crippen LogP contribution < -0.4 is 0 Å². The Balaban J connectivity index is 0.000000188. The molecule has 2 aliphatic rings. The molecule has 2 fully saturated rings. The summed E-state index contributed by atoms with van der Waals surface area (Å²) in [5.74, 6) is 0. The monoisotopic (exact) mass is 820 g/mol. The molecule has 0 bridgehead atoms. The van der Waals surface area contributed by atoms with Gasteiger partial charge in [0.15, 0.2) is 0 Å². The van der Waals surface area contributed by atoms with Gasteiger partial charge in [0, 0.05) is 57.3 Å². The third-order valence-corrected chi connectivity index (χ3v) is 8.04. The number of nitrogens with zero attached hydrogens (tertiary/aromatic N) is 3. The second-order valence-electron chi connectivity index (χ2n) is 8.03. The fraction of sp³-hybridized carbons (Fsp3) is 0.591. The van der Waals surface area contributed by atoms with Gasteiger partial charge in [-0.15, -0.1) is 0 Å². The van der Waals surface area contributed by atoms with Crippen LogP contribution in [0.2, 0.25) is 5.02 Å². The first-order valence-corrected chi connectivity index (χ1v) is 14.1. The Morgan fingerprint density at radius 1 is 0.828 bits per heavy atom. The first-order chi connectivity index (χ1) is 14.0. The predicted octanol–water partition coefficient (Wildman–Crippen LogP) is 8.22. The first-order valence-electron chi connectivity index (χ1n) is 10.6. The van der Waals surface area contributed by atoms with Gasteiger partial charge in [-0.25, -0.2) is 0 Å². The molecule has 1 heterocycles. The Labute approximate surface area is 219 Å². The van der Waals surface area contributed by atoms with Crippen molar-refractivity contribution in [1.82, 2.24) is 10.5 Å². The molecule has 1 aromatic heterocycles. The minimum absolute atomic E-state index is 0.774. The summed E-state index contributed by atoms with van der Waals surface area (Å²) in [5, 5.41) is 0.794. The standard InChI is InChI=1S/C15H24N2.C7H6ClI2N.Pt/c1-3-7-14(8-4-1)16-11-12-17(13-16)15-9-5-2-6-10-15;8-7-3-1-6(2-4-7)5-11(9)10;/h11-12,14-15H,1-10H2;1-4H,5H2;. The molecule has 0 atom stereocenters. The average Bonchev–Trinajstić information content (AvgIpc) is 3.12. The molecular formula is C22H30ClI2N3Pt. The number of hydrogen-bond acceptors (Lipinski definition) is 1. The molecule has 2 saturated carbocycles. The van der Waals surface area contributed by atoms with Gasteiger partial charge in [0.1, 0.15) is 0 Å². The van der Waals surface area contributed by atoms with Crippen LogP contribution in [-0.4, -0.2) is 10.5 Å². The van der Waals surface area contributed by atoms with Crippen LogP contribution in [0.1, 0.15) is 81.9 Å². The van der Waals surface area contributed by atoms with E-state index in [1.807, 2.05) is 24.3 Å². The molecule has 0 N–H and O–H groups in total. The minimum atomic E-state index is 0.774. The Morgan fingerprint density at radius 2 is 1.28 bits per heavy atom. The molecular weight excluding hydrogens is 791 g/mol. The van der Waals surface area contributed by atoms with Crippen molar-refractivity contribution in [3.8, 4) is 0 Å². The zero-order valence-corrected chi connectivity index (χ0v) is 24.0. The zero-order valence-electron chi connectivity index (χ0n) is 16.7. The van der Waals surface area contributed by atoms with Crippen molar-refractivity contribution < 1.29 is 19.4 Å². The topological polar surface area (TPSA) is 13.1 Å². The summed E-state index contributed by atoms with van der Waals surface area (Å²) < 4.78 is 8.64. The summed E-state index contributed by atoms with van der Waals surface area (Å²) in [6, 6.07) is 9.44. The van der Waals surface area contributed by atoms with Gasteiger partial charge in [-0.2, -0.15) is 1.33 Å². The number of hydrogen-bond donors (Lipinski definition) is 0. The van der Waals surface area contributed by atoms with Crippen LogP contribution in [0.3, 0.4) is 0 Å². The van der Waals surface area contributed by atoms with E-state index in [-0.39, 0.29) is 0 Å². The van der Waals surface area contributed by atoms with Gasteiger partial charge in [-0.05, 0) is 17.7 Å². The molecule has 0 aliphatic heterocycles. The van der Waals surface area contributed by atoms with E-state index in [0.29, 0.717) is 0 Å². The fourth-order valence-corrected chi connectivity index (χ4v) is 6.44. The van der Waals surface area contributed by atoms with Crippen LogP contribution in [-0.2, 0) is 25.9 Å². The maximum atomic E-state index is 5.73.